The summed E-state index contributed by atoms with van der Waals surface area (Å²) >= 11 is 0. The molecular formula is C17H23N5O4S. The van der Waals surface area contributed by atoms with Crippen LogP contribution in [0.5, 0.6) is 0 Å². The fourth-order valence-corrected chi connectivity index (χ4v) is 3.44. The van der Waals surface area contributed by atoms with Gasteiger partial charge in [-0.05, 0) is 31.0 Å². The first-order valence-corrected chi connectivity index (χ1v) is 10.2. The molecule has 0 radical (unpaired) electrons. The first-order chi connectivity index (χ1) is 12.8. The van der Waals surface area contributed by atoms with Crippen LogP contribution in [-0.4, -0.2) is 62.1 Å². The number of benzene rings is 1. The predicted octanol–water partition coefficient (Wildman–Crippen LogP) is 1.02. The van der Waals surface area contributed by atoms with Gasteiger partial charge in [-0.25, -0.2) is 18.4 Å². The summed E-state index contributed by atoms with van der Waals surface area (Å²) in [5.41, 5.74) is 1.05. The zero-order chi connectivity index (χ0) is 19.4. The number of primary sulfonamides is 1. The van der Waals surface area contributed by atoms with E-state index in [1.807, 2.05) is 0 Å². The van der Waals surface area contributed by atoms with Crippen LogP contribution in [0.15, 0.2) is 39.8 Å². The molecule has 0 unspecified atom stereocenters. The molecule has 0 atom stereocenters. The summed E-state index contributed by atoms with van der Waals surface area (Å²) in [7, 11) is -3.65. The number of sulfonamides is 1. The van der Waals surface area contributed by atoms with Crippen LogP contribution in [0.25, 0.3) is 0 Å². The Bertz CT molecular complexity index is 886. The molecule has 0 aliphatic carbocycles. The van der Waals surface area contributed by atoms with E-state index in [0.29, 0.717) is 24.7 Å². The molecule has 3 N–H and O–H groups in total. The van der Waals surface area contributed by atoms with Gasteiger partial charge < -0.3 is 9.42 Å². The molecule has 0 spiro atoms. The number of nitrogens with zero attached hydrogens (tertiary/aromatic N) is 3. The molecule has 2 aromatic rings. The molecule has 9 nitrogen and oxygen atoms in total. The van der Waals surface area contributed by atoms with Gasteiger partial charge in [0.2, 0.25) is 10.0 Å². The molecule has 1 saturated heterocycles. The average Bonchev–Trinajstić information content (AvgIpc) is 3.04. The number of hydrogen-bond acceptors (Lipinski definition) is 6. The van der Waals surface area contributed by atoms with Gasteiger partial charge in [0, 0.05) is 38.8 Å². The molecule has 3 rings (SSSR count). The van der Waals surface area contributed by atoms with Gasteiger partial charge in [0.05, 0.1) is 4.90 Å². The molecule has 1 aliphatic heterocycles. The van der Waals surface area contributed by atoms with Crippen LogP contribution < -0.4 is 10.5 Å². The number of rotatable bonds is 5. The number of anilines is 1. The number of amides is 2. The lowest BCUT2D eigenvalue weighted by molar-refractivity contribution is 0.148. The highest BCUT2D eigenvalue weighted by atomic mass is 32.2. The van der Waals surface area contributed by atoms with Gasteiger partial charge in [-0.1, -0.05) is 17.3 Å². The van der Waals surface area contributed by atoms with Crippen molar-refractivity contribution in [3.8, 4) is 0 Å². The van der Waals surface area contributed by atoms with Crippen LogP contribution in [0.1, 0.15) is 11.3 Å². The minimum absolute atomic E-state index is 0.119. The molecular weight excluding hydrogens is 370 g/mol. The quantitative estimate of drug-likeness (QED) is 0.782. The van der Waals surface area contributed by atoms with Gasteiger partial charge >= 0.3 is 6.03 Å². The van der Waals surface area contributed by atoms with Crippen molar-refractivity contribution in [3.05, 3.63) is 41.7 Å². The van der Waals surface area contributed by atoms with Gasteiger partial charge in [0.25, 0.3) is 0 Å². The maximum Gasteiger partial charge on any atom is 0.323 e. The first-order valence-electron chi connectivity index (χ1n) is 8.64. The van der Waals surface area contributed by atoms with Gasteiger partial charge in [-0.3, -0.25) is 10.2 Å². The second-order valence-corrected chi connectivity index (χ2v) is 8.08. The van der Waals surface area contributed by atoms with Crippen LogP contribution in [0.4, 0.5) is 10.6 Å². The van der Waals surface area contributed by atoms with E-state index >= 15 is 0 Å². The zero-order valence-corrected chi connectivity index (χ0v) is 15.9. The number of nitrogens with two attached hydrogens (primary N) is 1. The smallest absolute Gasteiger partial charge is 0.323 e. The Kier molecular flexibility index (Phi) is 5.78. The lowest BCUT2D eigenvalue weighted by Gasteiger charge is -2.34. The lowest BCUT2D eigenvalue weighted by atomic mass is 10.1. The van der Waals surface area contributed by atoms with E-state index in [9.17, 15) is 13.2 Å². The number of carbonyl (C=O) groups is 1. The third kappa shape index (κ3) is 5.28. The summed E-state index contributed by atoms with van der Waals surface area (Å²) in [5, 5.41) is 11.6. The summed E-state index contributed by atoms with van der Waals surface area (Å²) in [6.07, 6.45) is 0.801. The molecule has 1 fully saturated rings. The number of piperazine rings is 1. The third-order valence-electron chi connectivity index (χ3n) is 4.49. The zero-order valence-electron chi connectivity index (χ0n) is 15.1. The predicted molar refractivity (Wildman–Crippen MR) is 99.8 cm³/mol. The van der Waals surface area contributed by atoms with Crippen LogP contribution in [-0.2, 0) is 16.4 Å². The molecule has 2 amide bonds. The standard InChI is InChI=1S/C17H23N5O4S/c1-13-12-16(20-26-13)19-17(23)22-10-8-21(9-11-22)7-6-14-2-4-15(5-3-14)27(18,24)25/h2-5,12H,6-11H2,1H3,(H2,18,24,25)(H,19,20,23). The Morgan fingerprint density at radius 3 is 2.44 bits per heavy atom. The monoisotopic (exact) mass is 393 g/mol. The number of aryl methyl sites for hydroxylation is 1. The van der Waals surface area contributed by atoms with Crippen molar-refractivity contribution in [1.82, 2.24) is 15.0 Å². The molecule has 0 saturated carbocycles. The largest absolute Gasteiger partial charge is 0.360 e. The number of nitrogens with one attached hydrogen (secondary N) is 1. The van der Waals surface area contributed by atoms with Crippen LogP contribution >= 0.6 is 0 Å². The Balaban J connectivity index is 1.43. The Labute approximate surface area is 158 Å². The van der Waals surface area contributed by atoms with Gasteiger partial charge in [-0.2, -0.15) is 0 Å². The van der Waals surface area contributed by atoms with E-state index < -0.39 is 10.0 Å². The summed E-state index contributed by atoms with van der Waals surface area (Å²) < 4.78 is 27.5. The molecule has 10 heteroatoms. The molecule has 1 aromatic heterocycles. The molecule has 1 aliphatic rings. The fraction of sp³-hybridized carbons (Fsp3) is 0.412. The van der Waals surface area contributed by atoms with Crippen LogP contribution in [0.2, 0.25) is 0 Å². The number of aromatic nitrogens is 1. The summed E-state index contributed by atoms with van der Waals surface area (Å²) in [5.74, 6) is 1.06. The molecule has 0 bridgehead atoms. The van der Waals surface area contributed by atoms with E-state index in [1.165, 1.54) is 12.1 Å². The van der Waals surface area contributed by atoms with Crippen LogP contribution in [0.3, 0.4) is 0 Å². The molecule has 146 valence electrons. The second kappa shape index (κ2) is 8.07. The van der Waals surface area contributed by atoms with Gasteiger partial charge in [-0.15, -0.1) is 0 Å². The normalized spacial score (nSPS) is 15.7. The maximum absolute atomic E-state index is 12.2. The van der Waals surface area contributed by atoms with Crippen molar-refractivity contribution in [1.29, 1.82) is 0 Å². The van der Waals surface area contributed by atoms with E-state index in [4.69, 9.17) is 9.66 Å². The maximum atomic E-state index is 12.2. The topological polar surface area (TPSA) is 122 Å². The number of carbonyl (C=O) groups excluding carboxylic acids is 1. The fourth-order valence-electron chi connectivity index (χ4n) is 2.92. The van der Waals surface area contributed by atoms with Crippen molar-refractivity contribution in [2.45, 2.75) is 18.2 Å². The molecule has 2 heterocycles. The second-order valence-electron chi connectivity index (χ2n) is 6.52. The molecule has 1 aromatic carbocycles. The van der Waals surface area contributed by atoms with Crippen molar-refractivity contribution in [3.63, 3.8) is 0 Å². The van der Waals surface area contributed by atoms with Crippen molar-refractivity contribution in [2.24, 2.45) is 5.14 Å². The SMILES string of the molecule is Cc1cc(NC(=O)N2CCN(CCc3ccc(S(N)(=O)=O)cc3)CC2)no1. The number of urea groups is 1. The molecule has 27 heavy (non-hydrogen) atoms. The van der Waals surface area contributed by atoms with Crippen molar-refractivity contribution >= 4 is 21.9 Å². The summed E-state index contributed by atoms with van der Waals surface area (Å²) in [6.45, 7) is 5.43. The Morgan fingerprint density at radius 2 is 1.89 bits per heavy atom. The third-order valence-corrected chi connectivity index (χ3v) is 5.42. The van der Waals surface area contributed by atoms with Crippen LogP contribution in [0, 0.1) is 6.92 Å². The summed E-state index contributed by atoms with van der Waals surface area (Å²) in [4.78, 5) is 16.4. The van der Waals surface area contributed by atoms with E-state index in [0.717, 1.165) is 31.6 Å². The van der Waals surface area contributed by atoms with E-state index in [2.05, 4.69) is 15.4 Å². The minimum Gasteiger partial charge on any atom is -0.360 e. The lowest BCUT2D eigenvalue weighted by Crippen LogP contribution is -2.50. The Morgan fingerprint density at radius 1 is 1.22 bits per heavy atom. The first kappa shape index (κ1) is 19.3. The number of hydrogen-bond donors (Lipinski definition) is 2. The highest BCUT2D eigenvalue weighted by Gasteiger charge is 2.21. The van der Waals surface area contributed by atoms with Crippen molar-refractivity contribution < 1.29 is 17.7 Å². The highest BCUT2D eigenvalue weighted by molar-refractivity contribution is 7.89. The van der Waals surface area contributed by atoms with Gasteiger partial charge in [0.1, 0.15) is 5.76 Å². The minimum atomic E-state index is -3.65. The Hall–Kier alpha value is -2.43. The van der Waals surface area contributed by atoms with E-state index in [1.54, 1.807) is 30.0 Å². The average molecular weight is 393 g/mol. The van der Waals surface area contributed by atoms with E-state index in [-0.39, 0.29) is 10.9 Å². The summed E-state index contributed by atoms with van der Waals surface area (Å²) in [6, 6.07) is 8.11. The van der Waals surface area contributed by atoms with Crippen molar-refractivity contribution in [2.75, 3.05) is 38.0 Å². The highest BCUT2D eigenvalue weighted by Crippen LogP contribution is 2.12. The van der Waals surface area contributed by atoms with Gasteiger partial charge in [0.15, 0.2) is 5.82 Å².